The van der Waals surface area contributed by atoms with Gasteiger partial charge in [0.2, 0.25) is 5.92 Å². The maximum Gasteiger partial charge on any atom is 0.262 e. The van der Waals surface area contributed by atoms with Crippen LogP contribution in [-0.2, 0) is 10.3 Å². The molecule has 1 fully saturated rings. The maximum atomic E-state index is 14.4. The summed E-state index contributed by atoms with van der Waals surface area (Å²) >= 11 is 6.00. The summed E-state index contributed by atoms with van der Waals surface area (Å²) in [6, 6.07) is 9.08. The molecule has 1 amide bonds. The van der Waals surface area contributed by atoms with Gasteiger partial charge in [0, 0.05) is 36.4 Å². The number of likely N-dealkylation sites (N-methyl/N-ethyl adjacent to an activating group) is 1. The number of aliphatic imine (C=N–C) groups is 1. The van der Waals surface area contributed by atoms with E-state index in [1.807, 2.05) is 0 Å². The molecule has 2 aliphatic heterocycles. The lowest BCUT2D eigenvalue weighted by Crippen LogP contribution is -2.56. The molecular weight excluding hydrogens is 431 g/mol. The van der Waals surface area contributed by atoms with Crippen LogP contribution in [0.1, 0.15) is 24.8 Å². The lowest BCUT2D eigenvalue weighted by atomic mass is 9.66. The molecule has 0 bridgehead atoms. The highest BCUT2D eigenvalue weighted by molar-refractivity contribution is 6.30. The smallest absolute Gasteiger partial charge is 0.262 e. The highest BCUT2D eigenvalue weighted by Crippen LogP contribution is 2.56. The number of halogens is 4. The van der Waals surface area contributed by atoms with E-state index in [2.05, 4.69) is 4.99 Å². The number of hydrogen-bond donors (Lipinski definition) is 1. The molecule has 162 valence electrons. The summed E-state index contributed by atoms with van der Waals surface area (Å²) in [6.07, 6.45) is -1.34. The van der Waals surface area contributed by atoms with Gasteiger partial charge in [-0.1, -0.05) is 17.7 Å². The van der Waals surface area contributed by atoms with Crippen LogP contribution in [0, 0.1) is 11.7 Å². The zero-order chi connectivity index (χ0) is 22.1. The first-order valence-electron chi connectivity index (χ1n) is 9.90. The largest absolute Gasteiger partial charge is 0.490 e. The summed E-state index contributed by atoms with van der Waals surface area (Å²) in [7, 11) is 1.47. The summed E-state index contributed by atoms with van der Waals surface area (Å²) < 4.78 is 48.8. The Morgan fingerprint density at radius 2 is 2.00 bits per heavy atom. The topological polar surface area (TPSA) is 67.9 Å². The Morgan fingerprint density at radius 1 is 1.23 bits per heavy atom. The van der Waals surface area contributed by atoms with Crippen molar-refractivity contribution in [2.24, 2.45) is 16.6 Å². The van der Waals surface area contributed by atoms with Crippen LogP contribution >= 0.6 is 11.6 Å². The highest BCUT2D eigenvalue weighted by atomic mass is 35.5. The fourth-order valence-electron chi connectivity index (χ4n) is 4.94. The lowest BCUT2D eigenvalue weighted by Gasteiger charge is -2.47. The molecule has 5 nitrogen and oxygen atoms in total. The van der Waals surface area contributed by atoms with Crippen LogP contribution in [0.5, 0.6) is 5.75 Å². The van der Waals surface area contributed by atoms with E-state index < -0.39 is 41.6 Å². The van der Waals surface area contributed by atoms with Crippen LogP contribution in [0.2, 0.25) is 5.02 Å². The normalized spacial score (nSPS) is 28.7. The molecule has 2 aromatic carbocycles. The summed E-state index contributed by atoms with van der Waals surface area (Å²) in [5, 5.41) is 0.213. The number of benzene rings is 2. The Balaban J connectivity index is 1.73. The second-order valence-corrected chi connectivity index (χ2v) is 8.77. The molecule has 0 aromatic heterocycles. The van der Waals surface area contributed by atoms with Crippen molar-refractivity contribution in [2.45, 2.75) is 36.8 Å². The van der Waals surface area contributed by atoms with Gasteiger partial charge >= 0.3 is 0 Å². The molecule has 0 radical (unpaired) electrons. The molecule has 2 heterocycles. The zero-order valence-corrected chi connectivity index (χ0v) is 17.3. The lowest BCUT2D eigenvalue weighted by molar-refractivity contribution is -0.145. The molecular formula is C22H19ClF3N3O2. The predicted molar refractivity (Wildman–Crippen MR) is 110 cm³/mol. The monoisotopic (exact) mass is 449 g/mol. The SMILES string of the molecule is CN1C(=O)C2(N=C1N)c1cc(-c3cc(F)cc(Cl)c3)ccc1OC1CCC(F)(F)CC12. The summed E-state index contributed by atoms with van der Waals surface area (Å²) in [5.41, 5.74) is 5.74. The second-order valence-electron chi connectivity index (χ2n) is 8.33. The fourth-order valence-corrected chi connectivity index (χ4v) is 5.16. The molecule has 5 rings (SSSR count). The number of carbonyl (C=O) groups excluding carboxylic acids is 1. The Bertz CT molecular complexity index is 1120. The van der Waals surface area contributed by atoms with Gasteiger partial charge in [-0.15, -0.1) is 0 Å². The Morgan fingerprint density at radius 3 is 2.68 bits per heavy atom. The van der Waals surface area contributed by atoms with Crippen molar-refractivity contribution in [1.82, 2.24) is 4.90 Å². The van der Waals surface area contributed by atoms with E-state index in [-0.39, 0.29) is 23.8 Å². The van der Waals surface area contributed by atoms with Gasteiger partial charge in [0.05, 0.1) is 0 Å². The number of guanidine groups is 1. The first-order chi connectivity index (χ1) is 14.6. The van der Waals surface area contributed by atoms with Crippen molar-refractivity contribution in [3.8, 4) is 16.9 Å². The third kappa shape index (κ3) is 2.99. The van der Waals surface area contributed by atoms with Gasteiger partial charge in [-0.25, -0.2) is 18.2 Å². The molecule has 9 heteroatoms. The number of fused-ring (bicyclic) bond motifs is 4. The van der Waals surface area contributed by atoms with Crippen LogP contribution in [0.4, 0.5) is 13.2 Å². The molecule has 1 aliphatic carbocycles. The van der Waals surface area contributed by atoms with E-state index in [1.54, 1.807) is 24.3 Å². The Labute approximate surface area is 181 Å². The number of amides is 1. The molecule has 1 spiro atoms. The van der Waals surface area contributed by atoms with Crippen molar-refractivity contribution in [2.75, 3.05) is 7.05 Å². The number of ether oxygens (including phenoxy) is 1. The fraction of sp³-hybridized carbons (Fsp3) is 0.364. The van der Waals surface area contributed by atoms with E-state index >= 15 is 0 Å². The van der Waals surface area contributed by atoms with Crippen LogP contribution in [0.15, 0.2) is 41.4 Å². The number of carbonyl (C=O) groups is 1. The molecule has 1 saturated carbocycles. The summed E-state index contributed by atoms with van der Waals surface area (Å²) in [6.45, 7) is 0. The maximum absolute atomic E-state index is 14.4. The number of nitrogens with zero attached hydrogens (tertiary/aromatic N) is 2. The minimum absolute atomic E-state index is 0.0373. The second kappa shape index (κ2) is 6.63. The Kier molecular flexibility index (Phi) is 4.31. The quantitative estimate of drug-likeness (QED) is 0.704. The molecule has 2 aromatic rings. The molecule has 2 N–H and O–H groups in total. The predicted octanol–water partition coefficient (Wildman–Crippen LogP) is 4.32. The number of hydrogen-bond acceptors (Lipinski definition) is 4. The van der Waals surface area contributed by atoms with Crippen molar-refractivity contribution in [3.63, 3.8) is 0 Å². The van der Waals surface area contributed by atoms with Gasteiger partial charge in [-0.2, -0.15) is 0 Å². The molecule has 3 aliphatic rings. The van der Waals surface area contributed by atoms with Crippen molar-refractivity contribution < 1.29 is 22.7 Å². The van der Waals surface area contributed by atoms with Crippen molar-refractivity contribution >= 4 is 23.5 Å². The van der Waals surface area contributed by atoms with Gasteiger partial charge in [-0.3, -0.25) is 9.69 Å². The zero-order valence-electron chi connectivity index (χ0n) is 16.5. The first-order valence-corrected chi connectivity index (χ1v) is 10.3. The standard InChI is InChI=1S/C22H19ClF3N3O2/c1-29-19(30)22(28-20(29)27)15-8-11(12-6-13(23)9-14(24)7-12)2-3-17(15)31-18-4-5-21(25,26)10-16(18)22/h2-3,6-9,16,18H,4-5,10H2,1H3,(H2,27,28). The average Bonchev–Trinajstić information content (AvgIpc) is 2.92. The number of nitrogens with two attached hydrogens (primary N) is 1. The van der Waals surface area contributed by atoms with Gasteiger partial charge in [0.25, 0.3) is 5.91 Å². The van der Waals surface area contributed by atoms with Gasteiger partial charge in [0.1, 0.15) is 17.7 Å². The molecule has 0 saturated heterocycles. The van der Waals surface area contributed by atoms with Crippen LogP contribution in [0.25, 0.3) is 11.1 Å². The average molecular weight is 450 g/mol. The Hall–Kier alpha value is -2.74. The number of rotatable bonds is 1. The number of alkyl halides is 2. The highest BCUT2D eigenvalue weighted by Gasteiger charge is 2.63. The minimum atomic E-state index is -2.94. The first kappa shape index (κ1) is 20.2. The van der Waals surface area contributed by atoms with E-state index in [1.165, 1.54) is 24.1 Å². The van der Waals surface area contributed by atoms with Crippen molar-refractivity contribution in [1.29, 1.82) is 0 Å². The van der Waals surface area contributed by atoms with Gasteiger partial charge < -0.3 is 10.5 Å². The third-order valence-electron chi connectivity index (χ3n) is 6.43. The summed E-state index contributed by atoms with van der Waals surface area (Å²) in [4.78, 5) is 19.1. The molecule has 3 unspecified atom stereocenters. The van der Waals surface area contributed by atoms with E-state index in [9.17, 15) is 18.0 Å². The van der Waals surface area contributed by atoms with Crippen LogP contribution < -0.4 is 10.5 Å². The van der Waals surface area contributed by atoms with E-state index in [0.29, 0.717) is 22.4 Å². The van der Waals surface area contributed by atoms with Crippen molar-refractivity contribution in [3.05, 3.63) is 52.8 Å². The van der Waals surface area contributed by atoms with Crippen LogP contribution in [-0.4, -0.2) is 35.8 Å². The van der Waals surface area contributed by atoms with Crippen LogP contribution in [0.3, 0.4) is 0 Å². The van der Waals surface area contributed by atoms with E-state index in [4.69, 9.17) is 22.1 Å². The molecule has 3 atom stereocenters. The summed E-state index contributed by atoms with van der Waals surface area (Å²) in [5.74, 6) is -4.46. The van der Waals surface area contributed by atoms with Gasteiger partial charge in [-0.05, 0) is 47.9 Å². The third-order valence-corrected chi connectivity index (χ3v) is 6.65. The molecule has 31 heavy (non-hydrogen) atoms. The minimum Gasteiger partial charge on any atom is -0.490 e. The van der Waals surface area contributed by atoms with Gasteiger partial charge in [0.15, 0.2) is 11.5 Å². The van der Waals surface area contributed by atoms with E-state index in [0.717, 1.165) is 0 Å².